The number of piperazine rings is 1. The zero-order valence-electron chi connectivity index (χ0n) is 12.1. The van der Waals surface area contributed by atoms with Gasteiger partial charge in [-0.1, -0.05) is 24.6 Å². The minimum absolute atomic E-state index is 0.0806. The number of nitrogens with zero attached hydrogens (tertiary/aromatic N) is 1. The largest absolute Gasteiger partial charge is 0.362 e. The van der Waals surface area contributed by atoms with E-state index in [-0.39, 0.29) is 11.4 Å². The van der Waals surface area contributed by atoms with Crippen LogP contribution in [-0.4, -0.2) is 24.7 Å². The Morgan fingerprint density at radius 2 is 2.20 bits per heavy atom. The van der Waals surface area contributed by atoms with Gasteiger partial charge in [-0.2, -0.15) is 0 Å². The number of halogens is 2. The molecule has 1 heterocycles. The van der Waals surface area contributed by atoms with Crippen LogP contribution in [0.2, 0.25) is 5.02 Å². The van der Waals surface area contributed by atoms with Gasteiger partial charge in [-0.3, -0.25) is 0 Å². The molecule has 1 aliphatic carbocycles. The smallest absolute Gasteiger partial charge is 0.148 e. The molecule has 110 valence electrons. The fraction of sp³-hybridized carbons (Fsp3) is 0.625. The summed E-state index contributed by atoms with van der Waals surface area (Å²) < 4.78 is 14.3. The first kappa shape index (κ1) is 14.2. The van der Waals surface area contributed by atoms with Gasteiger partial charge < -0.3 is 10.2 Å². The van der Waals surface area contributed by atoms with Crippen molar-refractivity contribution in [3.8, 4) is 0 Å². The van der Waals surface area contributed by atoms with Crippen LogP contribution in [0.4, 0.5) is 10.1 Å². The minimum atomic E-state index is -0.212. The quantitative estimate of drug-likeness (QED) is 0.912. The van der Waals surface area contributed by atoms with Crippen molar-refractivity contribution in [2.75, 3.05) is 18.0 Å². The van der Waals surface area contributed by atoms with Gasteiger partial charge in [-0.05, 0) is 44.2 Å². The van der Waals surface area contributed by atoms with E-state index in [1.54, 1.807) is 12.1 Å². The lowest BCUT2D eigenvalue weighted by Gasteiger charge is -2.48. The van der Waals surface area contributed by atoms with Crippen LogP contribution in [0.5, 0.6) is 0 Å². The van der Waals surface area contributed by atoms with Crippen molar-refractivity contribution < 1.29 is 4.39 Å². The molecule has 0 radical (unpaired) electrons. The highest BCUT2D eigenvalue weighted by Crippen LogP contribution is 2.43. The second-order valence-corrected chi connectivity index (χ2v) is 6.74. The first-order valence-corrected chi connectivity index (χ1v) is 7.88. The van der Waals surface area contributed by atoms with Gasteiger partial charge in [0.1, 0.15) is 5.82 Å². The van der Waals surface area contributed by atoms with Gasteiger partial charge in [0.25, 0.3) is 0 Å². The summed E-state index contributed by atoms with van der Waals surface area (Å²) in [6.45, 7) is 6.14. The zero-order chi connectivity index (χ0) is 14.3. The van der Waals surface area contributed by atoms with Gasteiger partial charge >= 0.3 is 0 Å². The summed E-state index contributed by atoms with van der Waals surface area (Å²) in [5.74, 6) is 0.504. The molecule has 0 spiro atoms. The van der Waals surface area contributed by atoms with Crippen LogP contribution in [0, 0.1) is 11.7 Å². The van der Waals surface area contributed by atoms with Gasteiger partial charge in [0.2, 0.25) is 0 Å². The third kappa shape index (κ3) is 2.42. The molecule has 2 atom stereocenters. The fourth-order valence-corrected chi connectivity index (χ4v) is 3.66. The number of benzene rings is 1. The molecule has 2 nitrogen and oxygen atoms in total. The molecule has 1 aromatic rings. The number of rotatable bonds is 3. The minimum Gasteiger partial charge on any atom is -0.362 e. The van der Waals surface area contributed by atoms with Crippen LogP contribution in [-0.2, 0) is 0 Å². The summed E-state index contributed by atoms with van der Waals surface area (Å²) in [4.78, 5) is 2.19. The average Bonchev–Trinajstić information content (AvgIpc) is 3.23. The molecule has 1 N–H and O–H groups in total. The Bertz CT molecular complexity index is 483. The Kier molecular flexibility index (Phi) is 3.67. The lowest BCUT2D eigenvalue weighted by Crippen LogP contribution is -2.64. The van der Waals surface area contributed by atoms with E-state index in [1.165, 1.54) is 18.9 Å². The van der Waals surface area contributed by atoms with Gasteiger partial charge in [0.15, 0.2) is 0 Å². The predicted octanol–water partition coefficient (Wildman–Crippen LogP) is 3.84. The average molecular weight is 297 g/mol. The summed E-state index contributed by atoms with van der Waals surface area (Å²) in [7, 11) is 0. The van der Waals surface area contributed by atoms with Crippen LogP contribution in [0.15, 0.2) is 18.2 Å². The highest BCUT2D eigenvalue weighted by molar-refractivity contribution is 6.33. The van der Waals surface area contributed by atoms with Crippen molar-refractivity contribution in [1.29, 1.82) is 0 Å². The lowest BCUT2D eigenvalue weighted by atomic mass is 9.90. The van der Waals surface area contributed by atoms with Gasteiger partial charge in [0, 0.05) is 24.7 Å². The van der Waals surface area contributed by atoms with E-state index in [1.807, 2.05) is 0 Å². The van der Waals surface area contributed by atoms with E-state index >= 15 is 0 Å². The first-order valence-electron chi connectivity index (χ1n) is 7.51. The number of para-hydroxylation sites is 1. The summed E-state index contributed by atoms with van der Waals surface area (Å²) >= 11 is 6.27. The molecule has 4 heteroatoms. The van der Waals surface area contributed by atoms with Crippen molar-refractivity contribution in [3.63, 3.8) is 0 Å². The first-order chi connectivity index (χ1) is 9.55. The van der Waals surface area contributed by atoms with Crippen molar-refractivity contribution >= 4 is 17.3 Å². The maximum absolute atomic E-state index is 14.3. The van der Waals surface area contributed by atoms with Gasteiger partial charge in [-0.15, -0.1) is 0 Å². The molecule has 20 heavy (non-hydrogen) atoms. The standard InChI is InChI=1S/C16H22ClFN2/c1-3-12-9-19-16(2,11-7-8-11)10-20(12)15-13(17)5-4-6-14(15)18/h4-6,11-12,19H,3,7-10H2,1-2H3. The van der Waals surface area contributed by atoms with E-state index in [9.17, 15) is 4.39 Å². The van der Waals surface area contributed by atoms with Crippen LogP contribution in [0.1, 0.15) is 33.1 Å². The summed E-state index contributed by atoms with van der Waals surface area (Å²) in [6.07, 6.45) is 3.54. The second kappa shape index (κ2) is 5.19. The number of hydrogen-bond acceptors (Lipinski definition) is 2. The highest BCUT2D eigenvalue weighted by atomic mass is 35.5. The summed E-state index contributed by atoms with van der Waals surface area (Å²) in [5, 5.41) is 4.21. The van der Waals surface area contributed by atoms with E-state index in [0.717, 1.165) is 19.5 Å². The number of anilines is 1. The lowest BCUT2D eigenvalue weighted by molar-refractivity contribution is 0.251. The third-order valence-corrected chi connectivity index (χ3v) is 5.16. The second-order valence-electron chi connectivity index (χ2n) is 6.33. The monoisotopic (exact) mass is 296 g/mol. The van der Waals surface area contributed by atoms with Crippen molar-refractivity contribution in [3.05, 3.63) is 29.0 Å². The number of nitrogens with one attached hydrogen (secondary N) is 1. The molecule has 2 unspecified atom stereocenters. The van der Waals surface area contributed by atoms with E-state index in [2.05, 4.69) is 24.1 Å². The van der Waals surface area contributed by atoms with Crippen LogP contribution in [0.25, 0.3) is 0 Å². The molecule has 1 aromatic carbocycles. The Hall–Kier alpha value is -0.800. The summed E-state index contributed by atoms with van der Waals surface area (Å²) in [6, 6.07) is 5.26. The molecule has 1 saturated heterocycles. The maximum Gasteiger partial charge on any atom is 0.148 e. The summed E-state index contributed by atoms with van der Waals surface area (Å²) in [5.41, 5.74) is 0.659. The fourth-order valence-electron chi connectivity index (χ4n) is 3.38. The van der Waals surface area contributed by atoms with E-state index < -0.39 is 0 Å². The number of hydrogen-bond donors (Lipinski definition) is 1. The van der Waals surface area contributed by atoms with Crippen molar-refractivity contribution in [1.82, 2.24) is 5.32 Å². The van der Waals surface area contributed by atoms with Crippen LogP contribution >= 0.6 is 11.6 Å². The third-order valence-electron chi connectivity index (χ3n) is 4.86. The molecule has 1 aliphatic heterocycles. The van der Waals surface area contributed by atoms with Crippen LogP contribution < -0.4 is 10.2 Å². The molecule has 0 bridgehead atoms. The Labute approximate surface area is 125 Å². The normalized spacial score (nSPS) is 30.6. The molecule has 0 aromatic heterocycles. The topological polar surface area (TPSA) is 15.3 Å². The van der Waals surface area contributed by atoms with Gasteiger partial charge in [-0.25, -0.2) is 4.39 Å². The maximum atomic E-state index is 14.3. The molecule has 3 rings (SSSR count). The van der Waals surface area contributed by atoms with Gasteiger partial charge in [0.05, 0.1) is 10.7 Å². The molecule has 2 fully saturated rings. The molecule has 0 amide bonds. The van der Waals surface area contributed by atoms with Crippen molar-refractivity contribution in [2.45, 2.75) is 44.7 Å². The Balaban J connectivity index is 1.95. The Morgan fingerprint density at radius 3 is 2.80 bits per heavy atom. The predicted molar refractivity (Wildman–Crippen MR) is 82.0 cm³/mol. The molecular weight excluding hydrogens is 275 g/mol. The molecule has 1 saturated carbocycles. The highest BCUT2D eigenvalue weighted by Gasteiger charge is 2.46. The van der Waals surface area contributed by atoms with Crippen molar-refractivity contribution in [2.24, 2.45) is 5.92 Å². The molecule has 2 aliphatic rings. The Morgan fingerprint density at radius 1 is 1.45 bits per heavy atom. The zero-order valence-corrected chi connectivity index (χ0v) is 12.9. The SMILES string of the molecule is CCC1CNC(C)(C2CC2)CN1c1c(F)cccc1Cl. The van der Waals surface area contributed by atoms with E-state index in [0.29, 0.717) is 22.7 Å². The van der Waals surface area contributed by atoms with Crippen LogP contribution in [0.3, 0.4) is 0 Å². The van der Waals surface area contributed by atoms with E-state index in [4.69, 9.17) is 11.6 Å². The molecular formula is C16H22ClFN2.